The molecule has 0 heterocycles. The van der Waals surface area contributed by atoms with Crippen LogP contribution in [0.15, 0.2) is 0 Å². The Morgan fingerprint density at radius 3 is 1.69 bits per heavy atom. The third-order valence-electron chi connectivity index (χ3n) is 3.69. The van der Waals surface area contributed by atoms with E-state index in [0.717, 1.165) is 12.8 Å². The van der Waals surface area contributed by atoms with Crippen LogP contribution in [0.5, 0.6) is 0 Å². The average Bonchev–Trinajstić information content (AvgIpc) is 2.60. The maximum atomic E-state index is 11.1. The third-order valence-corrected chi connectivity index (χ3v) is 3.69. The Kier molecular flexibility index (Phi) is 22.7. The highest BCUT2D eigenvalue weighted by Crippen LogP contribution is 2.08. The first kappa shape index (κ1) is 27.0. The van der Waals surface area contributed by atoms with Gasteiger partial charge in [-0.05, 0) is 6.42 Å². The van der Waals surface area contributed by atoms with E-state index >= 15 is 0 Å². The van der Waals surface area contributed by atoms with E-state index in [-0.39, 0.29) is 32.3 Å². The zero-order valence-corrected chi connectivity index (χ0v) is 16.2. The molecule has 0 spiro atoms. The maximum absolute atomic E-state index is 11.1. The molecule has 0 atom stereocenters. The van der Waals surface area contributed by atoms with Crippen LogP contribution in [0.2, 0.25) is 0 Å². The number of hydrogen-bond donors (Lipinski definition) is 5. The van der Waals surface area contributed by atoms with Crippen LogP contribution in [0.25, 0.3) is 0 Å². The Morgan fingerprint density at radius 1 is 0.808 bits per heavy atom. The van der Waals surface area contributed by atoms with Gasteiger partial charge in [-0.1, -0.05) is 45.4 Å². The van der Waals surface area contributed by atoms with Crippen LogP contribution >= 0.6 is 0 Å². The number of rotatable bonds is 16. The lowest BCUT2D eigenvalue weighted by Crippen LogP contribution is -2.32. The van der Waals surface area contributed by atoms with Crippen molar-refractivity contribution in [2.24, 2.45) is 0 Å². The van der Waals surface area contributed by atoms with E-state index in [0.29, 0.717) is 26.1 Å². The number of aliphatic hydroxyl groups is 3. The van der Waals surface area contributed by atoms with Gasteiger partial charge in [0.15, 0.2) is 0 Å². The Balaban J connectivity index is 0. The van der Waals surface area contributed by atoms with Crippen LogP contribution in [0.1, 0.15) is 58.3 Å². The summed E-state index contributed by atoms with van der Waals surface area (Å²) in [6.45, 7) is 3.67. The van der Waals surface area contributed by atoms with Gasteiger partial charge in [0.05, 0.1) is 19.8 Å². The lowest BCUT2D eigenvalue weighted by Gasteiger charge is -2.17. The first-order valence-corrected chi connectivity index (χ1v) is 9.55. The molecule has 0 aliphatic rings. The second-order valence-electron chi connectivity index (χ2n) is 6.05. The molecule has 0 bridgehead atoms. The topological polar surface area (TPSA) is 130 Å². The molecule has 0 unspecified atom stereocenters. The second-order valence-corrected chi connectivity index (χ2v) is 6.05. The molecule has 8 nitrogen and oxygen atoms in total. The van der Waals surface area contributed by atoms with Gasteiger partial charge in [-0.3, -0.25) is 14.5 Å². The van der Waals surface area contributed by atoms with Crippen molar-refractivity contribution in [1.29, 1.82) is 0 Å². The summed E-state index contributed by atoms with van der Waals surface area (Å²) >= 11 is 0. The summed E-state index contributed by atoms with van der Waals surface area (Å²) in [5.74, 6) is -1.15. The van der Waals surface area contributed by atoms with Gasteiger partial charge < -0.3 is 25.7 Å². The second kappa shape index (κ2) is 21.8. The first-order chi connectivity index (χ1) is 12.5. The molecular formula is C18H38N2O6. The van der Waals surface area contributed by atoms with Crippen molar-refractivity contribution in [1.82, 2.24) is 10.2 Å². The Labute approximate surface area is 157 Å². The van der Waals surface area contributed by atoms with Crippen LogP contribution in [0.4, 0.5) is 0 Å². The molecule has 26 heavy (non-hydrogen) atoms. The largest absolute Gasteiger partial charge is 0.480 e. The highest BCUT2D eigenvalue weighted by atomic mass is 16.4. The number of carboxylic acid groups (broad SMARTS) is 1. The molecule has 0 aromatic heterocycles. The lowest BCUT2D eigenvalue weighted by atomic mass is 10.1. The lowest BCUT2D eigenvalue weighted by molar-refractivity contribution is -0.137. The van der Waals surface area contributed by atoms with Gasteiger partial charge in [0, 0.05) is 26.1 Å². The van der Waals surface area contributed by atoms with E-state index in [2.05, 4.69) is 12.2 Å². The predicted octanol–water partition coefficient (Wildman–Crippen LogP) is 0.593. The van der Waals surface area contributed by atoms with E-state index < -0.39 is 5.97 Å². The molecule has 156 valence electrons. The molecule has 0 saturated carbocycles. The molecule has 0 aliphatic heterocycles. The van der Waals surface area contributed by atoms with Gasteiger partial charge >= 0.3 is 5.97 Å². The molecule has 0 fully saturated rings. The molecule has 1 amide bonds. The van der Waals surface area contributed by atoms with Gasteiger partial charge in [0.25, 0.3) is 0 Å². The predicted molar refractivity (Wildman–Crippen MR) is 101 cm³/mol. The van der Waals surface area contributed by atoms with Crippen molar-refractivity contribution in [3.63, 3.8) is 0 Å². The number of carboxylic acids is 1. The molecule has 0 aliphatic carbocycles. The molecule has 0 rings (SSSR count). The molecule has 0 aromatic carbocycles. The molecular weight excluding hydrogens is 340 g/mol. The van der Waals surface area contributed by atoms with Crippen molar-refractivity contribution in [3.05, 3.63) is 0 Å². The minimum Gasteiger partial charge on any atom is -0.480 e. The summed E-state index contributed by atoms with van der Waals surface area (Å²) in [6, 6.07) is 0. The summed E-state index contributed by atoms with van der Waals surface area (Å²) in [5.41, 5.74) is 0. The number of hydrogen-bond acceptors (Lipinski definition) is 6. The summed E-state index contributed by atoms with van der Waals surface area (Å²) < 4.78 is 0. The fraction of sp³-hybridized carbons (Fsp3) is 0.889. The fourth-order valence-electron chi connectivity index (χ4n) is 2.26. The minimum absolute atomic E-state index is 0.0694. The maximum Gasteiger partial charge on any atom is 0.322 e. The van der Waals surface area contributed by atoms with E-state index in [9.17, 15) is 9.59 Å². The average molecular weight is 379 g/mol. The van der Waals surface area contributed by atoms with Crippen molar-refractivity contribution in [2.45, 2.75) is 58.3 Å². The van der Waals surface area contributed by atoms with Crippen molar-refractivity contribution < 1.29 is 30.0 Å². The minimum atomic E-state index is -0.993. The number of unbranched alkanes of at least 4 members (excludes halogenated alkanes) is 6. The van der Waals surface area contributed by atoms with Gasteiger partial charge in [0.1, 0.15) is 6.54 Å². The van der Waals surface area contributed by atoms with Crippen LogP contribution in [-0.2, 0) is 9.59 Å². The SMILES string of the molecule is CCCCCCCCCC(=O)NCC(=O)O.OCCN(CCO)CCO. The first-order valence-electron chi connectivity index (χ1n) is 9.55. The molecule has 0 saturated heterocycles. The van der Waals surface area contributed by atoms with Crippen LogP contribution in [0, 0.1) is 0 Å². The number of carbonyl (C=O) groups is 2. The van der Waals surface area contributed by atoms with Crippen LogP contribution in [0.3, 0.4) is 0 Å². The Bertz CT molecular complexity index is 315. The smallest absolute Gasteiger partial charge is 0.322 e. The monoisotopic (exact) mass is 378 g/mol. The van der Waals surface area contributed by atoms with Gasteiger partial charge in [0.2, 0.25) is 5.91 Å². The number of nitrogens with one attached hydrogen (secondary N) is 1. The molecule has 8 heteroatoms. The van der Waals surface area contributed by atoms with Crippen LogP contribution < -0.4 is 5.32 Å². The summed E-state index contributed by atoms with van der Waals surface area (Å²) in [4.78, 5) is 23.1. The molecule has 0 aromatic rings. The standard InChI is InChI=1S/C12H23NO3.C6H15NO3/c1-2-3-4-5-6-7-8-9-11(14)13-10-12(15)16;8-4-1-7(2-5-9)3-6-10/h2-10H2,1H3,(H,13,14)(H,15,16);8-10H,1-6H2. The van der Waals surface area contributed by atoms with Crippen molar-refractivity contribution in [3.8, 4) is 0 Å². The fourth-order valence-corrected chi connectivity index (χ4v) is 2.26. The molecule has 5 N–H and O–H groups in total. The van der Waals surface area contributed by atoms with Crippen molar-refractivity contribution >= 4 is 11.9 Å². The summed E-state index contributed by atoms with van der Waals surface area (Å²) in [5, 5.41) is 36.1. The number of nitrogens with zero attached hydrogens (tertiary/aromatic N) is 1. The number of aliphatic hydroxyl groups excluding tert-OH is 3. The zero-order chi connectivity index (χ0) is 20.0. The van der Waals surface area contributed by atoms with Gasteiger partial charge in [-0.15, -0.1) is 0 Å². The van der Waals surface area contributed by atoms with E-state index in [4.69, 9.17) is 20.4 Å². The van der Waals surface area contributed by atoms with Crippen molar-refractivity contribution in [2.75, 3.05) is 46.0 Å². The third kappa shape index (κ3) is 22.8. The Morgan fingerprint density at radius 2 is 1.27 bits per heavy atom. The van der Waals surface area contributed by atoms with Gasteiger partial charge in [-0.2, -0.15) is 0 Å². The van der Waals surface area contributed by atoms with E-state index in [1.54, 1.807) is 4.90 Å². The van der Waals surface area contributed by atoms with Crippen LogP contribution in [-0.4, -0.2) is 83.2 Å². The number of carbonyl (C=O) groups excluding carboxylic acids is 1. The highest BCUT2D eigenvalue weighted by molar-refractivity contribution is 5.80. The van der Waals surface area contributed by atoms with E-state index in [1.165, 1.54) is 32.1 Å². The van der Waals surface area contributed by atoms with E-state index in [1.807, 2.05) is 0 Å². The molecule has 0 radical (unpaired) electrons. The highest BCUT2D eigenvalue weighted by Gasteiger charge is 2.03. The summed E-state index contributed by atoms with van der Waals surface area (Å²) in [6.07, 6.45) is 8.60. The quantitative estimate of drug-likeness (QED) is 0.249. The van der Waals surface area contributed by atoms with Gasteiger partial charge in [-0.25, -0.2) is 0 Å². The zero-order valence-electron chi connectivity index (χ0n) is 16.2. The summed E-state index contributed by atoms with van der Waals surface area (Å²) in [7, 11) is 0. The Hall–Kier alpha value is -1.22. The number of amides is 1. The normalized spacial score (nSPS) is 10.3. The number of aliphatic carboxylic acids is 1.